The van der Waals surface area contributed by atoms with Crippen molar-refractivity contribution in [3.05, 3.63) is 0 Å². The Morgan fingerprint density at radius 3 is 2.11 bits per heavy atom. The summed E-state index contributed by atoms with van der Waals surface area (Å²) in [5.74, 6) is 0. The molecule has 0 fully saturated rings. The summed E-state index contributed by atoms with van der Waals surface area (Å²) in [5, 5.41) is 0. The minimum atomic E-state index is 1.01. The topological polar surface area (TPSA) is 6.48 Å². The molecule has 0 saturated carbocycles. The molecule has 9 heavy (non-hydrogen) atoms. The molecule has 0 aromatic heterocycles. The lowest BCUT2D eigenvalue weighted by Gasteiger charge is -2.15. The van der Waals surface area contributed by atoms with Crippen LogP contribution in [0.15, 0.2) is 0 Å². The van der Waals surface area contributed by atoms with E-state index in [1.807, 2.05) is 4.31 Å². The highest BCUT2D eigenvalue weighted by Gasteiger charge is 1.94. The molecular formula is C6H16N2S. The summed E-state index contributed by atoms with van der Waals surface area (Å²) in [6.45, 7) is 5.23. The van der Waals surface area contributed by atoms with Crippen LogP contribution in [-0.4, -0.2) is 42.9 Å². The van der Waals surface area contributed by atoms with Crippen molar-refractivity contribution in [2.45, 2.75) is 6.92 Å². The monoisotopic (exact) mass is 148 g/mol. The summed E-state index contributed by atoms with van der Waals surface area (Å²) in [6, 6.07) is 0. The van der Waals surface area contributed by atoms with Crippen LogP contribution in [0, 0.1) is 0 Å². The lowest BCUT2D eigenvalue weighted by Crippen LogP contribution is -2.25. The molecule has 0 heterocycles. The number of thiol groups is 1. The third kappa shape index (κ3) is 6.15. The third-order valence-corrected chi connectivity index (χ3v) is 1.65. The minimum absolute atomic E-state index is 1.01. The van der Waals surface area contributed by atoms with E-state index in [4.69, 9.17) is 0 Å². The molecule has 0 N–H and O–H groups in total. The molecule has 0 aromatic rings. The fourth-order valence-corrected chi connectivity index (χ4v) is 0.563. The quantitative estimate of drug-likeness (QED) is 0.587. The van der Waals surface area contributed by atoms with Gasteiger partial charge in [0.2, 0.25) is 0 Å². The van der Waals surface area contributed by atoms with Gasteiger partial charge in [0, 0.05) is 19.6 Å². The van der Waals surface area contributed by atoms with E-state index in [2.05, 4.69) is 38.7 Å². The van der Waals surface area contributed by atoms with Crippen LogP contribution in [0.4, 0.5) is 0 Å². The number of hydrogen-bond donors (Lipinski definition) is 1. The van der Waals surface area contributed by atoms with Gasteiger partial charge in [0.25, 0.3) is 0 Å². The van der Waals surface area contributed by atoms with Gasteiger partial charge in [0.05, 0.1) is 0 Å². The molecule has 0 atom stereocenters. The Bertz CT molecular complexity index is 66.1. The summed E-state index contributed by atoms with van der Waals surface area (Å²) < 4.78 is 2.00. The SMILES string of the molecule is CCN(S)CCN(C)C. The molecule has 0 saturated heterocycles. The average Bonchev–Trinajstić information content (AvgIpc) is 1.83. The predicted octanol–water partition coefficient (Wildman–Crippen LogP) is 0.715. The maximum atomic E-state index is 4.21. The molecule has 0 amide bonds. The molecule has 0 aliphatic rings. The molecule has 0 aliphatic carbocycles. The number of rotatable bonds is 4. The van der Waals surface area contributed by atoms with Crippen molar-refractivity contribution >= 4 is 12.8 Å². The van der Waals surface area contributed by atoms with Gasteiger partial charge in [-0.2, -0.15) is 0 Å². The van der Waals surface area contributed by atoms with Crippen LogP contribution in [0.25, 0.3) is 0 Å². The molecule has 0 unspecified atom stereocenters. The highest BCUT2D eigenvalue weighted by molar-refractivity contribution is 7.77. The molecule has 56 valence electrons. The van der Waals surface area contributed by atoms with Gasteiger partial charge >= 0.3 is 0 Å². The van der Waals surface area contributed by atoms with Crippen molar-refractivity contribution < 1.29 is 0 Å². The first kappa shape index (κ1) is 9.27. The van der Waals surface area contributed by atoms with Crippen LogP contribution in [0.2, 0.25) is 0 Å². The van der Waals surface area contributed by atoms with Crippen molar-refractivity contribution in [2.24, 2.45) is 0 Å². The van der Waals surface area contributed by atoms with Crippen molar-refractivity contribution in [3.63, 3.8) is 0 Å². The standard InChI is InChI=1S/C6H16N2S/c1-4-8(9)6-5-7(2)3/h9H,4-6H2,1-3H3. The Hall–Kier alpha value is 0.270. The highest BCUT2D eigenvalue weighted by Crippen LogP contribution is 1.90. The predicted molar refractivity (Wildman–Crippen MR) is 44.8 cm³/mol. The summed E-state index contributed by atoms with van der Waals surface area (Å²) in [4.78, 5) is 2.15. The van der Waals surface area contributed by atoms with Gasteiger partial charge in [0.1, 0.15) is 0 Å². The number of likely N-dealkylation sites (N-methyl/N-ethyl adjacent to an activating group) is 2. The zero-order valence-electron chi connectivity index (χ0n) is 6.46. The molecule has 3 heteroatoms. The molecule has 0 spiro atoms. The number of hydrogen-bond acceptors (Lipinski definition) is 3. The maximum Gasteiger partial charge on any atom is 0.0215 e. The second kappa shape index (κ2) is 5.09. The third-order valence-electron chi connectivity index (χ3n) is 1.17. The summed E-state index contributed by atoms with van der Waals surface area (Å²) in [7, 11) is 4.13. The van der Waals surface area contributed by atoms with Gasteiger partial charge < -0.3 is 4.90 Å². The summed E-state index contributed by atoms with van der Waals surface area (Å²) in [6.07, 6.45) is 0. The molecule has 2 nitrogen and oxygen atoms in total. The first-order valence-electron chi connectivity index (χ1n) is 3.25. The molecule has 0 radical (unpaired) electrons. The lowest BCUT2D eigenvalue weighted by atomic mass is 10.5. The zero-order chi connectivity index (χ0) is 7.28. The average molecular weight is 148 g/mol. The van der Waals surface area contributed by atoms with Crippen LogP contribution in [0.3, 0.4) is 0 Å². The van der Waals surface area contributed by atoms with E-state index in [-0.39, 0.29) is 0 Å². The second-order valence-corrected chi connectivity index (χ2v) is 2.92. The largest absolute Gasteiger partial charge is 0.308 e. The Balaban J connectivity index is 3.06. The molecule has 0 rings (SSSR count). The normalized spacial score (nSPS) is 11.3. The summed E-state index contributed by atoms with van der Waals surface area (Å²) in [5.41, 5.74) is 0. The van der Waals surface area contributed by atoms with Gasteiger partial charge in [-0.25, -0.2) is 0 Å². The molecule has 0 aliphatic heterocycles. The Labute approximate surface area is 63.4 Å². The van der Waals surface area contributed by atoms with Crippen molar-refractivity contribution in [2.75, 3.05) is 33.7 Å². The van der Waals surface area contributed by atoms with E-state index in [1.54, 1.807) is 0 Å². The van der Waals surface area contributed by atoms with Gasteiger partial charge in [-0.1, -0.05) is 19.7 Å². The Kier molecular flexibility index (Phi) is 5.24. The zero-order valence-corrected chi connectivity index (χ0v) is 7.36. The molecule has 0 bridgehead atoms. The van der Waals surface area contributed by atoms with Crippen molar-refractivity contribution in [3.8, 4) is 0 Å². The second-order valence-electron chi connectivity index (χ2n) is 2.35. The van der Waals surface area contributed by atoms with Gasteiger partial charge in [-0.05, 0) is 14.1 Å². The number of nitrogens with zero attached hydrogens (tertiary/aromatic N) is 2. The van der Waals surface area contributed by atoms with Crippen LogP contribution in [0.5, 0.6) is 0 Å². The van der Waals surface area contributed by atoms with Gasteiger partial charge in [-0.3, -0.25) is 4.31 Å². The highest BCUT2D eigenvalue weighted by atomic mass is 32.1. The van der Waals surface area contributed by atoms with E-state index >= 15 is 0 Å². The van der Waals surface area contributed by atoms with Crippen molar-refractivity contribution in [1.82, 2.24) is 9.21 Å². The summed E-state index contributed by atoms with van der Waals surface area (Å²) >= 11 is 4.21. The van der Waals surface area contributed by atoms with Crippen LogP contribution in [-0.2, 0) is 0 Å². The van der Waals surface area contributed by atoms with Crippen LogP contribution in [0.1, 0.15) is 6.92 Å². The lowest BCUT2D eigenvalue weighted by molar-refractivity contribution is 0.359. The van der Waals surface area contributed by atoms with Gasteiger partial charge in [0.15, 0.2) is 0 Å². The molecule has 0 aromatic carbocycles. The minimum Gasteiger partial charge on any atom is -0.308 e. The first-order valence-corrected chi connectivity index (χ1v) is 3.65. The first-order chi connectivity index (χ1) is 4.16. The van der Waals surface area contributed by atoms with E-state index < -0.39 is 0 Å². The van der Waals surface area contributed by atoms with E-state index in [0.717, 1.165) is 19.6 Å². The Morgan fingerprint density at radius 1 is 1.22 bits per heavy atom. The molecular weight excluding hydrogens is 132 g/mol. The smallest absolute Gasteiger partial charge is 0.0215 e. The van der Waals surface area contributed by atoms with E-state index in [9.17, 15) is 0 Å². The van der Waals surface area contributed by atoms with Crippen molar-refractivity contribution in [1.29, 1.82) is 0 Å². The van der Waals surface area contributed by atoms with Crippen LogP contribution < -0.4 is 0 Å². The van der Waals surface area contributed by atoms with E-state index in [0.29, 0.717) is 0 Å². The fraction of sp³-hybridized carbons (Fsp3) is 1.00. The maximum absolute atomic E-state index is 4.21. The van der Waals surface area contributed by atoms with E-state index in [1.165, 1.54) is 0 Å². The van der Waals surface area contributed by atoms with Gasteiger partial charge in [-0.15, -0.1) is 0 Å². The van der Waals surface area contributed by atoms with Crippen LogP contribution >= 0.6 is 12.8 Å². The Morgan fingerprint density at radius 2 is 1.78 bits per heavy atom. The fourth-order valence-electron chi connectivity index (χ4n) is 0.474.